The number of aryl methyl sites for hydroxylation is 1. The molecule has 1 saturated heterocycles. The minimum Gasteiger partial charge on any atom is -0.316 e. The molecular weight excluding hydrogens is 240 g/mol. The Balaban J connectivity index is 1.59. The monoisotopic (exact) mass is 264 g/mol. The van der Waals surface area contributed by atoms with Gasteiger partial charge in [-0.1, -0.05) is 0 Å². The Morgan fingerprint density at radius 2 is 2.28 bits per heavy atom. The van der Waals surface area contributed by atoms with Crippen LogP contribution in [0.15, 0.2) is 11.4 Å². The van der Waals surface area contributed by atoms with Crippen LogP contribution in [0.2, 0.25) is 0 Å². The van der Waals surface area contributed by atoms with Gasteiger partial charge in [-0.3, -0.25) is 4.90 Å². The molecule has 1 aliphatic carbocycles. The second kappa shape index (κ2) is 5.72. The molecule has 1 N–H and O–H groups in total. The summed E-state index contributed by atoms with van der Waals surface area (Å²) in [5.74, 6) is 0.875. The Hall–Kier alpha value is -0.380. The Morgan fingerprint density at radius 1 is 1.39 bits per heavy atom. The number of nitrogens with zero attached hydrogens (tertiary/aromatic N) is 1. The quantitative estimate of drug-likeness (QED) is 0.879. The third-order valence-electron chi connectivity index (χ3n) is 4.27. The molecule has 1 aromatic rings. The second-order valence-corrected chi connectivity index (χ2v) is 6.90. The Morgan fingerprint density at radius 3 is 2.89 bits per heavy atom. The smallest absolute Gasteiger partial charge is 0.0333 e. The van der Waals surface area contributed by atoms with E-state index in [-0.39, 0.29) is 0 Å². The van der Waals surface area contributed by atoms with Gasteiger partial charge in [-0.05, 0) is 68.6 Å². The van der Waals surface area contributed by atoms with Gasteiger partial charge >= 0.3 is 0 Å². The Bertz CT molecular complexity index is 378. The van der Waals surface area contributed by atoms with Gasteiger partial charge < -0.3 is 5.32 Å². The summed E-state index contributed by atoms with van der Waals surface area (Å²) < 4.78 is 0. The van der Waals surface area contributed by atoms with Crippen molar-refractivity contribution in [3.8, 4) is 0 Å². The SMILES string of the molecule is Cc1ccsc1CN(CC1CCCNC1)C1CC1. The normalized spacial score (nSPS) is 24.7. The molecule has 3 rings (SSSR count). The molecule has 2 nitrogen and oxygen atoms in total. The van der Waals surface area contributed by atoms with Crippen molar-refractivity contribution in [2.24, 2.45) is 5.92 Å². The van der Waals surface area contributed by atoms with Crippen LogP contribution in [0.4, 0.5) is 0 Å². The standard InChI is InChI=1S/C15H24N2S/c1-12-6-8-18-15(12)11-17(14-4-5-14)10-13-3-2-7-16-9-13/h6,8,13-14,16H,2-5,7,9-11H2,1H3. The van der Waals surface area contributed by atoms with E-state index in [1.54, 1.807) is 4.88 Å². The topological polar surface area (TPSA) is 15.3 Å². The molecule has 2 fully saturated rings. The van der Waals surface area contributed by atoms with Gasteiger partial charge in [-0.15, -0.1) is 11.3 Å². The molecule has 0 amide bonds. The van der Waals surface area contributed by atoms with E-state index in [9.17, 15) is 0 Å². The zero-order valence-electron chi connectivity index (χ0n) is 11.3. The molecule has 2 aliphatic rings. The van der Waals surface area contributed by atoms with E-state index >= 15 is 0 Å². The van der Waals surface area contributed by atoms with Crippen molar-refractivity contribution in [2.45, 2.75) is 45.2 Å². The number of hydrogen-bond acceptors (Lipinski definition) is 3. The van der Waals surface area contributed by atoms with Gasteiger partial charge in [0.05, 0.1) is 0 Å². The molecule has 18 heavy (non-hydrogen) atoms. The molecular formula is C15H24N2S. The van der Waals surface area contributed by atoms with Crippen molar-refractivity contribution in [3.63, 3.8) is 0 Å². The number of rotatable bonds is 5. The highest BCUT2D eigenvalue weighted by atomic mass is 32.1. The van der Waals surface area contributed by atoms with Gasteiger partial charge in [0.2, 0.25) is 0 Å². The maximum Gasteiger partial charge on any atom is 0.0333 e. The highest BCUT2D eigenvalue weighted by Crippen LogP contribution is 2.31. The molecule has 1 aliphatic heterocycles. The fraction of sp³-hybridized carbons (Fsp3) is 0.733. The third-order valence-corrected chi connectivity index (χ3v) is 5.28. The molecule has 0 aromatic carbocycles. The van der Waals surface area contributed by atoms with Crippen molar-refractivity contribution in [1.82, 2.24) is 10.2 Å². The fourth-order valence-electron chi connectivity index (χ4n) is 2.94. The minimum absolute atomic E-state index is 0.875. The predicted molar refractivity (Wildman–Crippen MR) is 78.1 cm³/mol. The molecule has 0 radical (unpaired) electrons. The molecule has 0 bridgehead atoms. The third kappa shape index (κ3) is 3.14. The molecule has 1 aromatic heterocycles. The first-order valence-electron chi connectivity index (χ1n) is 7.30. The van der Waals surface area contributed by atoms with Crippen LogP contribution in [0, 0.1) is 12.8 Å². The summed E-state index contributed by atoms with van der Waals surface area (Å²) in [7, 11) is 0. The number of nitrogens with one attached hydrogen (secondary N) is 1. The van der Waals surface area contributed by atoms with Crippen LogP contribution in [-0.2, 0) is 6.54 Å². The molecule has 2 heterocycles. The summed E-state index contributed by atoms with van der Waals surface area (Å²) in [6.45, 7) is 7.19. The lowest BCUT2D eigenvalue weighted by atomic mass is 9.99. The highest BCUT2D eigenvalue weighted by Gasteiger charge is 2.31. The van der Waals surface area contributed by atoms with Gasteiger partial charge in [-0.25, -0.2) is 0 Å². The molecule has 3 heteroatoms. The zero-order valence-corrected chi connectivity index (χ0v) is 12.1. The number of piperidine rings is 1. The van der Waals surface area contributed by atoms with Crippen LogP contribution in [0.1, 0.15) is 36.1 Å². The van der Waals surface area contributed by atoms with Crippen molar-refractivity contribution in [3.05, 3.63) is 21.9 Å². The number of thiophene rings is 1. The van der Waals surface area contributed by atoms with Crippen LogP contribution >= 0.6 is 11.3 Å². The Kier molecular flexibility index (Phi) is 4.02. The van der Waals surface area contributed by atoms with Gasteiger partial charge in [0.15, 0.2) is 0 Å². The largest absolute Gasteiger partial charge is 0.316 e. The first kappa shape index (κ1) is 12.6. The van der Waals surface area contributed by atoms with E-state index in [0.717, 1.165) is 12.0 Å². The van der Waals surface area contributed by atoms with Gasteiger partial charge in [0.25, 0.3) is 0 Å². The second-order valence-electron chi connectivity index (χ2n) is 5.90. The van der Waals surface area contributed by atoms with E-state index in [1.165, 1.54) is 57.4 Å². The Labute approximate surface area is 114 Å². The van der Waals surface area contributed by atoms with Crippen molar-refractivity contribution >= 4 is 11.3 Å². The van der Waals surface area contributed by atoms with Crippen LogP contribution in [-0.4, -0.2) is 30.6 Å². The first-order valence-corrected chi connectivity index (χ1v) is 8.18. The summed E-state index contributed by atoms with van der Waals surface area (Å²) in [5.41, 5.74) is 1.48. The van der Waals surface area contributed by atoms with Crippen molar-refractivity contribution in [1.29, 1.82) is 0 Å². The molecule has 100 valence electrons. The average Bonchev–Trinajstić information content (AvgIpc) is 3.16. The molecule has 1 atom stereocenters. The zero-order chi connectivity index (χ0) is 12.4. The first-order chi connectivity index (χ1) is 8.83. The average molecular weight is 264 g/mol. The summed E-state index contributed by atoms with van der Waals surface area (Å²) in [6.07, 6.45) is 5.62. The summed E-state index contributed by atoms with van der Waals surface area (Å²) >= 11 is 1.93. The molecule has 1 saturated carbocycles. The molecule has 0 spiro atoms. The van der Waals surface area contributed by atoms with Crippen LogP contribution < -0.4 is 5.32 Å². The summed E-state index contributed by atoms with van der Waals surface area (Å²) in [5, 5.41) is 5.78. The number of hydrogen-bond donors (Lipinski definition) is 1. The predicted octanol–water partition coefficient (Wildman–Crippen LogP) is 3.02. The summed E-state index contributed by atoms with van der Waals surface area (Å²) in [6, 6.07) is 3.14. The van der Waals surface area contributed by atoms with E-state index in [0.29, 0.717) is 0 Å². The summed E-state index contributed by atoms with van der Waals surface area (Å²) in [4.78, 5) is 4.32. The highest BCUT2D eigenvalue weighted by molar-refractivity contribution is 7.10. The van der Waals surface area contributed by atoms with Crippen LogP contribution in [0.5, 0.6) is 0 Å². The van der Waals surface area contributed by atoms with Crippen molar-refractivity contribution in [2.75, 3.05) is 19.6 Å². The minimum atomic E-state index is 0.875. The van der Waals surface area contributed by atoms with E-state index in [2.05, 4.69) is 28.6 Å². The van der Waals surface area contributed by atoms with Gasteiger partial charge in [0.1, 0.15) is 0 Å². The fourth-order valence-corrected chi connectivity index (χ4v) is 3.88. The maximum absolute atomic E-state index is 3.55. The van der Waals surface area contributed by atoms with Gasteiger partial charge in [-0.2, -0.15) is 0 Å². The van der Waals surface area contributed by atoms with E-state index in [1.807, 2.05) is 11.3 Å². The molecule has 1 unspecified atom stereocenters. The van der Waals surface area contributed by atoms with Gasteiger partial charge in [0, 0.05) is 24.0 Å². The lowest BCUT2D eigenvalue weighted by Crippen LogP contribution is -2.39. The van der Waals surface area contributed by atoms with E-state index < -0.39 is 0 Å². The van der Waals surface area contributed by atoms with E-state index in [4.69, 9.17) is 0 Å². The van der Waals surface area contributed by atoms with Crippen molar-refractivity contribution < 1.29 is 0 Å². The lowest BCUT2D eigenvalue weighted by Gasteiger charge is -2.30. The van der Waals surface area contributed by atoms with Crippen LogP contribution in [0.3, 0.4) is 0 Å². The maximum atomic E-state index is 3.55. The lowest BCUT2D eigenvalue weighted by molar-refractivity contribution is 0.194. The van der Waals surface area contributed by atoms with Crippen LogP contribution in [0.25, 0.3) is 0 Å².